The summed E-state index contributed by atoms with van der Waals surface area (Å²) in [7, 11) is -2.18. The fraction of sp³-hybridized carbons (Fsp3) is 0.524. The summed E-state index contributed by atoms with van der Waals surface area (Å²) < 4.78 is 47.8. The molecule has 11 nitrogen and oxygen atoms in total. The first kappa shape index (κ1) is 38.2. The van der Waals surface area contributed by atoms with E-state index in [1.54, 1.807) is 6.07 Å². The first-order chi connectivity index (χ1) is 25.2. The number of esters is 2. The number of ether oxygens (including phenoxy) is 3. The zero-order chi connectivity index (χ0) is 38.9. The Morgan fingerprint density at radius 3 is 2.28 bits per heavy atom. The second-order valence-corrected chi connectivity index (χ2v) is 19.5. The van der Waals surface area contributed by atoms with Crippen molar-refractivity contribution in [2.45, 2.75) is 97.8 Å². The summed E-state index contributed by atoms with van der Waals surface area (Å²) in [5.74, 6) is -0.968. The lowest BCUT2D eigenvalue weighted by Gasteiger charge is -2.69. The van der Waals surface area contributed by atoms with E-state index in [2.05, 4.69) is 18.5 Å². The SMILES string of the molecule is COC(=O)c1cccc2ccc(-c3ccc(-c4cnn(CC56CC7(C)CC(C)(C5)CC(OCCOS(C)(=O)=O)(C7)C6)c4C)c(C(=O)OC(C)(C)C)n3)cc12. The van der Waals surface area contributed by atoms with Gasteiger partial charge in [-0.15, -0.1) is 0 Å². The van der Waals surface area contributed by atoms with Gasteiger partial charge in [0.25, 0.3) is 10.1 Å². The lowest BCUT2D eigenvalue weighted by atomic mass is 9.39. The van der Waals surface area contributed by atoms with Gasteiger partial charge in [0.05, 0.1) is 49.6 Å². The fourth-order valence-corrected chi connectivity index (χ4v) is 11.2. The van der Waals surface area contributed by atoms with Gasteiger partial charge in [-0.05, 0) is 118 Å². The fourth-order valence-electron chi connectivity index (χ4n) is 10.8. The van der Waals surface area contributed by atoms with Gasteiger partial charge in [0.1, 0.15) is 5.60 Å². The minimum atomic E-state index is -3.54. The molecule has 2 aromatic carbocycles. The molecule has 12 heteroatoms. The van der Waals surface area contributed by atoms with E-state index in [4.69, 9.17) is 28.5 Å². The Labute approximate surface area is 317 Å². The van der Waals surface area contributed by atoms with Gasteiger partial charge in [-0.3, -0.25) is 8.86 Å². The maximum Gasteiger partial charge on any atom is 0.358 e. The predicted molar refractivity (Wildman–Crippen MR) is 205 cm³/mol. The summed E-state index contributed by atoms with van der Waals surface area (Å²) in [5.41, 5.74) is 3.30. The first-order valence-electron chi connectivity index (χ1n) is 18.6. The standard InChI is InChI=1S/C42H51N3O8S/c1-27-33(19-43-45(27)26-41-21-39(5)20-40(6,22-41)24-42(23-39,25-41)51-16-17-52-54(8,48)49)30-14-15-34(44-35(30)37(47)53-38(2,3)4)29-13-12-28-10-9-11-31(32(28)18-29)36(46)50-7/h9-15,18-19H,16-17,20-26H2,1-8H3. The van der Waals surface area contributed by atoms with Crippen molar-refractivity contribution in [2.75, 3.05) is 26.6 Å². The smallest absolute Gasteiger partial charge is 0.358 e. The van der Waals surface area contributed by atoms with Gasteiger partial charge in [0.15, 0.2) is 5.69 Å². The summed E-state index contributed by atoms with van der Waals surface area (Å²) in [5, 5.41) is 6.54. The van der Waals surface area contributed by atoms with Gasteiger partial charge < -0.3 is 14.2 Å². The van der Waals surface area contributed by atoms with Crippen molar-refractivity contribution in [2.24, 2.45) is 16.2 Å². The molecule has 54 heavy (non-hydrogen) atoms. The molecule has 2 heterocycles. The molecule has 8 rings (SSSR count). The van der Waals surface area contributed by atoms with Crippen molar-refractivity contribution in [3.63, 3.8) is 0 Å². The normalized spacial score (nSPS) is 26.3. The molecule has 0 radical (unpaired) electrons. The number of benzene rings is 2. The number of aromatic nitrogens is 3. The third-order valence-electron chi connectivity index (χ3n) is 11.4. The third-order valence-corrected chi connectivity index (χ3v) is 12.0. The molecular formula is C42H51N3O8S. The zero-order valence-electron chi connectivity index (χ0n) is 32.6. The van der Waals surface area contributed by atoms with Gasteiger partial charge in [-0.2, -0.15) is 13.5 Å². The maximum absolute atomic E-state index is 13.9. The van der Waals surface area contributed by atoms with E-state index < -0.39 is 27.7 Å². The average molecular weight is 758 g/mol. The van der Waals surface area contributed by atoms with E-state index in [1.165, 1.54) is 7.11 Å². The van der Waals surface area contributed by atoms with E-state index in [0.717, 1.165) is 72.4 Å². The molecule has 0 amide bonds. The molecule has 4 saturated carbocycles. The van der Waals surface area contributed by atoms with Gasteiger partial charge >= 0.3 is 11.9 Å². The highest BCUT2D eigenvalue weighted by molar-refractivity contribution is 7.85. The molecule has 288 valence electrons. The maximum atomic E-state index is 13.9. The molecule has 0 N–H and O–H groups in total. The predicted octanol–water partition coefficient (Wildman–Crippen LogP) is 7.93. The number of carbonyl (C=O) groups is 2. The highest BCUT2D eigenvalue weighted by Gasteiger charge is 2.66. The highest BCUT2D eigenvalue weighted by atomic mass is 32.2. The summed E-state index contributed by atoms with van der Waals surface area (Å²) >= 11 is 0. The van der Waals surface area contributed by atoms with Crippen LogP contribution in [0.2, 0.25) is 0 Å². The van der Waals surface area contributed by atoms with Gasteiger partial charge in [0.2, 0.25) is 0 Å². The van der Waals surface area contributed by atoms with E-state index in [9.17, 15) is 18.0 Å². The Balaban J connectivity index is 1.22. The Hall–Kier alpha value is -4.13. The Kier molecular flexibility index (Phi) is 9.38. The molecule has 4 aromatic rings. The lowest BCUT2D eigenvalue weighted by Crippen LogP contribution is -2.64. The molecule has 0 spiro atoms. The summed E-state index contributed by atoms with van der Waals surface area (Å²) in [6, 6.07) is 15.0. The van der Waals surface area contributed by atoms with Gasteiger partial charge in [0, 0.05) is 28.9 Å². The average Bonchev–Trinajstić information content (AvgIpc) is 3.41. The molecule has 0 aliphatic heterocycles. The Morgan fingerprint density at radius 2 is 1.61 bits per heavy atom. The summed E-state index contributed by atoms with van der Waals surface area (Å²) in [6.45, 7) is 13.2. The summed E-state index contributed by atoms with van der Waals surface area (Å²) in [6.07, 6.45) is 8.86. The van der Waals surface area contributed by atoms with Crippen molar-refractivity contribution in [3.8, 4) is 22.4 Å². The van der Waals surface area contributed by atoms with Crippen LogP contribution in [-0.2, 0) is 35.1 Å². The monoisotopic (exact) mass is 757 g/mol. The minimum Gasteiger partial charge on any atom is -0.465 e. The van der Waals surface area contributed by atoms with Crippen LogP contribution in [0.1, 0.15) is 99.7 Å². The van der Waals surface area contributed by atoms with Crippen molar-refractivity contribution < 1.29 is 36.4 Å². The molecule has 2 unspecified atom stereocenters. The van der Waals surface area contributed by atoms with Gasteiger partial charge in [-0.25, -0.2) is 14.6 Å². The zero-order valence-corrected chi connectivity index (χ0v) is 33.4. The largest absolute Gasteiger partial charge is 0.465 e. The second-order valence-electron chi connectivity index (χ2n) is 17.9. The lowest BCUT2D eigenvalue weighted by molar-refractivity contribution is -0.249. The molecule has 4 bridgehead atoms. The number of hydrogen-bond acceptors (Lipinski definition) is 10. The van der Waals surface area contributed by atoms with E-state index in [-0.39, 0.29) is 40.8 Å². The van der Waals surface area contributed by atoms with Crippen LogP contribution in [0.3, 0.4) is 0 Å². The van der Waals surface area contributed by atoms with Crippen LogP contribution in [0.25, 0.3) is 33.2 Å². The van der Waals surface area contributed by atoms with Gasteiger partial charge in [-0.1, -0.05) is 38.1 Å². The molecule has 2 aromatic heterocycles. The van der Waals surface area contributed by atoms with Crippen LogP contribution >= 0.6 is 0 Å². The number of nitrogens with zero attached hydrogens (tertiary/aromatic N) is 3. The molecule has 0 saturated heterocycles. The molecule has 2 atom stereocenters. The molecule has 4 fully saturated rings. The van der Waals surface area contributed by atoms with E-state index >= 15 is 0 Å². The molecule has 4 aliphatic rings. The van der Waals surface area contributed by atoms with Crippen molar-refractivity contribution in [1.29, 1.82) is 0 Å². The van der Waals surface area contributed by atoms with Crippen LogP contribution in [0, 0.1) is 23.2 Å². The van der Waals surface area contributed by atoms with Crippen molar-refractivity contribution in [1.82, 2.24) is 14.8 Å². The number of fused-ring (bicyclic) bond motifs is 1. The Morgan fingerprint density at radius 1 is 0.889 bits per heavy atom. The van der Waals surface area contributed by atoms with Crippen LogP contribution in [0.5, 0.6) is 0 Å². The number of pyridine rings is 1. The van der Waals surface area contributed by atoms with E-state index in [1.807, 2.05) is 76.4 Å². The number of hydrogen-bond donors (Lipinski definition) is 0. The third kappa shape index (κ3) is 7.57. The topological polar surface area (TPSA) is 136 Å². The second kappa shape index (κ2) is 13.3. The highest BCUT2D eigenvalue weighted by Crippen LogP contribution is 2.72. The first-order valence-corrected chi connectivity index (χ1v) is 20.4. The van der Waals surface area contributed by atoms with Crippen LogP contribution in [-0.4, -0.2) is 72.9 Å². The van der Waals surface area contributed by atoms with Crippen molar-refractivity contribution >= 4 is 32.8 Å². The number of rotatable bonds is 11. The Bertz CT molecular complexity index is 2240. The van der Waals surface area contributed by atoms with Crippen molar-refractivity contribution in [3.05, 3.63) is 71.7 Å². The minimum absolute atomic E-state index is 0.00480. The number of carbonyl (C=O) groups excluding carboxylic acids is 2. The molecule has 4 aliphatic carbocycles. The van der Waals surface area contributed by atoms with Crippen LogP contribution < -0.4 is 0 Å². The molecular weight excluding hydrogens is 707 g/mol. The summed E-state index contributed by atoms with van der Waals surface area (Å²) in [4.78, 5) is 31.4. The quantitative estimate of drug-likeness (QED) is 0.0843. The number of methoxy groups -OCH3 is 1. The van der Waals surface area contributed by atoms with Crippen LogP contribution in [0.4, 0.5) is 0 Å². The van der Waals surface area contributed by atoms with E-state index in [0.29, 0.717) is 23.4 Å². The van der Waals surface area contributed by atoms with Crippen LogP contribution in [0.15, 0.2) is 54.7 Å².